The van der Waals surface area contributed by atoms with Crippen molar-refractivity contribution in [2.75, 3.05) is 0 Å². The van der Waals surface area contributed by atoms with Crippen LogP contribution in [0.3, 0.4) is 0 Å². The van der Waals surface area contributed by atoms with Gasteiger partial charge in [0, 0.05) is 0 Å². The molecule has 0 aliphatic rings. The SMILES string of the molecule is C[Si](C)(C)O[SiH2]N([SiH3])[SiH3]. The van der Waals surface area contributed by atoms with Crippen molar-refractivity contribution in [3.63, 3.8) is 0 Å². The molecular formula is C3H17NOSi4. The average Bonchev–Trinajstić information content (AvgIpc) is 1.59. The Labute approximate surface area is 67.1 Å². The van der Waals surface area contributed by atoms with Crippen LogP contribution in [0.1, 0.15) is 0 Å². The van der Waals surface area contributed by atoms with Gasteiger partial charge in [-0.25, -0.2) is 0 Å². The Morgan fingerprint density at radius 1 is 1.33 bits per heavy atom. The van der Waals surface area contributed by atoms with Crippen LogP contribution in [0.4, 0.5) is 0 Å². The molecule has 0 saturated heterocycles. The maximum Gasteiger partial charge on any atom is 0.212 e. The van der Waals surface area contributed by atoms with E-state index in [1.54, 1.807) is 0 Å². The highest BCUT2D eigenvalue weighted by Crippen LogP contribution is 1.99. The Morgan fingerprint density at radius 2 is 1.78 bits per heavy atom. The Morgan fingerprint density at radius 3 is 1.89 bits per heavy atom. The van der Waals surface area contributed by atoms with E-state index in [4.69, 9.17) is 4.12 Å². The van der Waals surface area contributed by atoms with Gasteiger partial charge < -0.3 is 8.01 Å². The quantitative estimate of drug-likeness (QED) is 0.470. The molecule has 0 radical (unpaired) electrons. The lowest BCUT2D eigenvalue weighted by Gasteiger charge is -2.20. The van der Waals surface area contributed by atoms with Crippen LogP contribution in [0.2, 0.25) is 19.6 Å². The smallest absolute Gasteiger partial charge is 0.212 e. The first kappa shape index (κ1) is 9.79. The maximum absolute atomic E-state index is 5.76. The standard InChI is InChI=1S/C3H17NOSi4/c1-9(2,3)5-8-4(6)7/h8H2,1-3,6-7H3. The van der Waals surface area contributed by atoms with Gasteiger partial charge in [0.2, 0.25) is 9.92 Å². The van der Waals surface area contributed by atoms with Gasteiger partial charge in [-0.1, -0.05) is 0 Å². The van der Waals surface area contributed by atoms with E-state index in [0.717, 1.165) is 0 Å². The molecule has 0 amide bonds. The third-order valence-corrected chi connectivity index (χ3v) is 6.80. The van der Waals surface area contributed by atoms with Gasteiger partial charge in [0.05, 0.1) is 20.8 Å². The summed E-state index contributed by atoms with van der Waals surface area (Å²) in [6, 6.07) is 0. The van der Waals surface area contributed by atoms with Crippen molar-refractivity contribution in [3.8, 4) is 0 Å². The second-order valence-corrected chi connectivity index (χ2v) is 17.7. The van der Waals surface area contributed by atoms with Crippen molar-refractivity contribution < 1.29 is 4.12 Å². The summed E-state index contributed by atoms with van der Waals surface area (Å²) in [5.41, 5.74) is 0. The molecule has 0 atom stereocenters. The number of hydrogen-bond acceptors (Lipinski definition) is 2. The lowest BCUT2D eigenvalue weighted by Crippen LogP contribution is -2.35. The predicted molar refractivity (Wildman–Crippen MR) is 54.7 cm³/mol. The molecule has 0 unspecified atom stereocenters. The molecule has 0 heterocycles. The van der Waals surface area contributed by atoms with E-state index >= 15 is 0 Å². The van der Waals surface area contributed by atoms with E-state index in [-0.39, 0.29) is 9.92 Å². The summed E-state index contributed by atoms with van der Waals surface area (Å²) in [6.07, 6.45) is 0. The highest BCUT2D eigenvalue weighted by molar-refractivity contribution is 6.74. The molecule has 0 bridgehead atoms. The number of hydrogen-bond donors (Lipinski definition) is 0. The topological polar surface area (TPSA) is 12.5 Å². The van der Waals surface area contributed by atoms with E-state index in [2.05, 4.69) is 23.5 Å². The minimum absolute atomic E-state index is 0.240. The van der Waals surface area contributed by atoms with Gasteiger partial charge in [-0.3, -0.25) is 0 Å². The maximum atomic E-state index is 5.76. The lowest BCUT2D eigenvalue weighted by molar-refractivity contribution is 0.573. The largest absolute Gasteiger partial charge is 0.450 e. The van der Waals surface area contributed by atoms with E-state index in [9.17, 15) is 0 Å². The fourth-order valence-corrected chi connectivity index (χ4v) is 5.23. The van der Waals surface area contributed by atoms with Crippen LogP contribution in [0.25, 0.3) is 0 Å². The van der Waals surface area contributed by atoms with Gasteiger partial charge in [-0.15, -0.1) is 0 Å². The number of nitrogens with zero attached hydrogens (tertiary/aromatic N) is 1. The van der Waals surface area contributed by atoms with Crippen molar-refractivity contribution in [2.45, 2.75) is 19.6 Å². The fourth-order valence-electron chi connectivity index (χ4n) is 0.323. The molecule has 0 rings (SSSR count). The van der Waals surface area contributed by atoms with Crippen LogP contribution in [0.15, 0.2) is 0 Å². The molecule has 0 aromatic heterocycles. The van der Waals surface area contributed by atoms with Gasteiger partial charge in [0.15, 0.2) is 8.32 Å². The molecule has 0 fully saturated rings. The molecule has 0 N–H and O–H groups in total. The van der Waals surface area contributed by atoms with Crippen LogP contribution >= 0.6 is 0 Å². The summed E-state index contributed by atoms with van der Waals surface area (Å²) >= 11 is 0. The zero-order valence-corrected chi connectivity index (χ0v) is 13.5. The molecule has 56 valence electrons. The zero-order valence-electron chi connectivity index (χ0n) is 7.06. The summed E-state index contributed by atoms with van der Waals surface area (Å²) in [5.74, 6) is 0. The van der Waals surface area contributed by atoms with Gasteiger partial charge in [0.25, 0.3) is 0 Å². The van der Waals surface area contributed by atoms with Gasteiger partial charge in [-0.2, -0.15) is 0 Å². The average molecular weight is 196 g/mol. The molecular weight excluding hydrogens is 178 g/mol. The molecule has 0 aliphatic heterocycles. The monoisotopic (exact) mass is 195 g/mol. The Kier molecular flexibility index (Phi) is 4.17. The third-order valence-electron chi connectivity index (χ3n) is 0.756. The van der Waals surface area contributed by atoms with Crippen molar-refractivity contribution >= 4 is 39.1 Å². The highest BCUT2D eigenvalue weighted by Gasteiger charge is 2.12. The minimum Gasteiger partial charge on any atom is -0.450 e. The Hall–Kier alpha value is 0.788. The highest BCUT2D eigenvalue weighted by atomic mass is 28.4. The first-order chi connectivity index (χ1) is 3.92. The van der Waals surface area contributed by atoms with Gasteiger partial charge in [0.1, 0.15) is 0 Å². The predicted octanol–water partition coefficient (Wildman–Crippen LogP) is -2.30. The van der Waals surface area contributed by atoms with Crippen molar-refractivity contribution in [3.05, 3.63) is 0 Å². The molecule has 0 aliphatic carbocycles. The molecule has 0 saturated carbocycles. The molecule has 0 aromatic rings. The van der Waals surface area contributed by atoms with Crippen molar-refractivity contribution in [1.29, 1.82) is 0 Å². The number of rotatable bonds is 3. The summed E-state index contributed by atoms with van der Waals surface area (Å²) in [7, 11) is 1.04. The second-order valence-electron chi connectivity index (χ2n) is 3.47. The summed E-state index contributed by atoms with van der Waals surface area (Å²) in [6.45, 7) is 6.77. The van der Waals surface area contributed by atoms with E-state index in [1.165, 1.54) is 20.8 Å². The second kappa shape index (κ2) is 3.84. The summed E-state index contributed by atoms with van der Waals surface area (Å²) in [5, 5.41) is 0. The zero-order chi connectivity index (χ0) is 7.49. The van der Waals surface area contributed by atoms with E-state index in [1.807, 2.05) is 0 Å². The van der Waals surface area contributed by atoms with Crippen LogP contribution in [-0.2, 0) is 4.12 Å². The van der Waals surface area contributed by atoms with E-state index < -0.39 is 8.32 Å². The Bertz CT molecular complexity index is 80.4. The summed E-state index contributed by atoms with van der Waals surface area (Å²) < 4.78 is 8.22. The molecule has 9 heavy (non-hydrogen) atoms. The van der Waals surface area contributed by atoms with E-state index in [0.29, 0.717) is 0 Å². The first-order valence-electron chi connectivity index (χ1n) is 3.20. The molecule has 0 spiro atoms. The Balaban J connectivity index is 3.28. The minimum atomic E-state index is -1.16. The van der Waals surface area contributed by atoms with Crippen molar-refractivity contribution in [1.82, 2.24) is 3.90 Å². The molecule has 2 nitrogen and oxygen atoms in total. The van der Waals surface area contributed by atoms with Crippen molar-refractivity contribution in [2.24, 2.45) is 0 Å². The molecule has 0 aromatic carbocycles. The van der Waals surface area contributed by atoms with Gasteiger partial charge >= 0.3 is 0 Å². The van der Waals surface area contributed by atoms with Crippen LogP contribution in [-0.4, -0.2) is 42.9 Å². The van der Waals surface area contributed by atoms with Crippen LogP contribution in [0, 0.1) is 0 Å². The van der Waals surface area contributed by atoms with Crippen LogP contribution in [0.5, 0.6) is 0 Å². The fraction of sp³-hybridized carbons (Fsp3) is 1.00. The molecule has 6 heteroatoms. The summed E-state index contributed by atoms with van der Waals surface area (Å²) in [4.78, 5) is 0. The third kappa shape index (κ3) is 8.79. The van der Waals surface area contributed by atoms with Crippen LogP contribution < -0.4 is 0 Å². The first-order valence-corrected chi connectivity index (χ1v) is 9.61. The lowest BCUT2D eigenvalue weighted by atomic mass is 11.8. The normalized spacial score (nSPS) is 14.7. The van der Waals surface area contributed by atoms with Gasteiger partial charge in [-0.05, 0) is 19.6 Å².